The Balaban J connectivity index is 1.85. The number of nitrogens with one attached hydrogen (secondary N) is 2. The normalized spacial score (nSPS) is 18.0. The maximum absolute atomic E-state index is 13.4. The molecule has 1 aliphatic heterocycles. The molecule has 5 nitrogen and oxygen atoms in total. The number of H-pyrrole nitrogens is 1. The summed E-state index contributed by atoms with van der Waals surface area (Å²) in [4.78, 5) is 14.0. The SMILES string of the molecule is CN(C(=O)c1cn[nH]c1C1CCCNC1)c1ccc(F)c(F)c1. The van der Waals surface area contributed by atoms with Crippen LogP contribution in [0.5, 0.6) is 0 Å². The lowest BCUT2D eigenvalue weighted by atomic mass is 9.93. The zero-order valence-electron chi connectivity index (χ0n) is 12.8. The number of piperidine rings is 1. The van der Waals surface area contributed by atoms with Crippen LogP contribution in [0.2, 0.25) is 0 Å². The quantitative estimate of drug-likeness (QED) is 0.913. The monoisotopic (exact) mass is 320 g/mol. The topological polar surface area (TPSA) is 61.0 Å². The van der Waals surface area contributed by atoms with E-state index < -0.39 is 11.6 Å². The van der Waals surface area contributed by atoms with Crippen LogP contribution in [0, 0.1) is 11.6 Å². The van der Waals surface area contributed by atoms with Gasteiger partial charge in [0.2, 0.25) is 0 Å². The number of anilines is 1. The van der Waals surface area contributed by atoms with Crippen LogP contribution in [0.15, 0.2) is 24.4 Å². The highest BCUT2D eigenvalue weighted by Crippen LogP contribution is 2.26. The molecule has 0 aliphatic carbocycles. The highest BCUT2D eigenvalue weighted by Gasteiger charge is 2.25. The highest BCUT2D eigenvalue weighted by atomic mass is 19.2. The Bertz CT molecular complexity index is 710. The van der Waals surface area contributed by atoms with E-state index in [-0.39, 0.29) is 11.8 Å². The molecular formula is C16H18F2N4O. The van der Waals surface area contributed by atoms with Gasteiger partial charge in [-0.1, -0.05) is 0 Å². The summed E-state index contributed by atoms with van der Waals surface area (Å²) in [5.74, 6) is -2.02. The van der Waals surface area contributed by atoms with Crippen molar-refractivity contribution >= 4 is 11.6 Å². The molecule has 1 aromatic carbocycles. The molecule has 1 aliphatic rings. The second kappa shape index (κ2) is 6.45. The minimum Gasteiger partial charge on any atom is -0.316 e. The maximum atomic E-state index is 13.4. The van der Waals surface area contributed by atoms with Crippen LogP contribution < -0.4 is 10.2 Å². The summed E-state index contributed by atoms with van der Waals surface area (Å²) in [5.41, 5.74) is 1.55. The number of hydrogen-bond acceptors (Lipinski definition) is 3. The third kappa shape index (κ3) is 3.10. The van der Waals surface area contributed by atoms with Gasteiger partial charge in [-0.05, 0) is 31.5 Å². The Morgan fingerprint density at radius 3 is 2.87 bits per heavy atom. The fourth-order valence-corrected chi connectivity index (χ4v) is 2.87. The molecule has 2 N–H and O–H groups in total. The lowest BCUT2D eigenvalue weighted by molar-refractivity contribution is 0.0991. The van der Waals surface area contributed by atoms with Gasteiger partial charge in [-0.15, -0.1) is 0 Å². The molecule has 1 saturated heterocycles. The number of hydrogen-bond donors (Lipinski definition) is 2. The molecule has 1 atom stereocenters. The van der Waals surface area contributed by atoms with Gasteiger partial charge in [0.1, 0.15) is 0 Å². The molecule has 1 unspecified atom stereocenters. The highest BCUT2D eigenvalue weighted by molar-refractivity contribution is 6.06. The average Bonchev–Trinajstić information content (AvgIpc) is 3.06. The molecule has 1 aromatic heterocycles. The van der Waals surface area contributed by atoms with E-state index in [2.05, 4.69) is 15.5 Å². The van der Waals surface area contributed by atoms with E-state index in [0.29, 0.717) is 11.3 Å². The van der Waals surface area contributed by atoms with Crippen LogP contribution in [-0.4, -0.2) is 36.2 Å². The zero-order chi connectivity index (χ0) is 16.4. The summed E-state index contributed by atoms with van der Waals surface area (Å²) in [5, 5.41) is 10.2. The average molecular weight is 320 g/mol. The number of carbonyl (C=O) groups excluding carboxylic acids is 1. The Labute approximate surface area is 132 Å². The molecule has 3 rings (SSSR count). The van der Waals surface area contributed by atoms with Crippen molar-refractivity contribution in [2.24, 2.45) is 0 Å². The first-order valence-corrected chi connectivity index (χ1v) is 7.55. The van der Waals surface area contributed by atoms with Crippen molar-refractivity contribution in [2.75, 3.05) is 25.0 Å². The molecule has 1 fully saturated rings. The van der Waals surface area contributed by atoms with Crippen LogP contribution in [0.4, 0.5) is 14.5 Å². The van der Waals surface area contributed by atoms with Crippen molar-refractivity contribution in [2.45, 2.75) is 18.8 Å². The molecule has 23 heavy (non-hydrogen) atoms. The van der Waals surface area contributed by atoms with Crippen molar-refractivity contribution in [3.05, 3.63) is 47.3 Å². The first-order chi connectivity index (χ1) is 11.1. The fraction of sp³-hybridized carbons (Fsp3) is 0.375. The van der Waals surface area contributed by atoms with E-state index in [9.17, 15) is 13.6 Å². The first-order valence-electron chi connectivity index (χ1n) is 7.55. The van der Waals surface area contributed by atoms with Crippen LogP contribution in [0.25, 0.3) is 0 Å². The molecule has 122 valence electrons. The lowest BCUT2D eigenvalue weighted by Crippen LogP contribution is -2.31. The van der Waals surface area contributed by atoms with E-state index in [1.807, 2.05) is 0 Å². The number of nitrogens with zero attached hydrogens (tertiary/aromatic N) is 2. The molecule has 2 heterocycles. The number of aromatic amines is 1. The molecular weight excluding hydrogens is 302 g/mol. The predicted octanol–water partition coefficient (Wildman–Crippen LogP) is 2.43. The number of halogens is 2. The summed E-state index contributed by atoms with van der Waals surface area (Å²) in [6.45, 7) is 1.76. The van der Waals surface area contributed by atoms with Gasteiger partial charge in [-0.2, -0.15) is 5.10 Å². The van der Waals surface area contributed by atoms with E-state index in [0.717, 1.165) is 43.8 Å². The summed E-state index contributed by atoms with van der Waals surface area (Å²) in [6.07, 6.45) is 3.50. The third-order valence-corrected chi connectivity index (χ3v) is 4.20. The minimum absolute atomic E-state index is 0.198. The maximum Gasteiger partial charge on any atom is 0.261 e. The number of amides is 1. The second-order valence-electron chi connectivity index (χ2n) is 5.70. The molecule has 1 amide bonds. The Kier molecular flexibility index (Phi) is 4.38. The standard InChI is InChI=1S/C16H18F2N4O/c1-22(11-4-5-13(17)14(18)7-11)16(23)12-9-20-21-15(12)10-3-2-6-19-8-10/h4-5,7,9-10,19H,2-3,6,8H2,1H3,(H,20,21). The van der Waals surface area contributed by atoms with Crippen molar-refractivity contribution in [3.63, 3.8) is 0 Å². The van der Waals surface area contributed by atoms with Crippen LogP contribution >= 0.6 is 0 Å². The molecule has 0 saturated carbocycles. The Morgan fingerprint density at radius 1 is 1.35 bits per heavy atom. The number of benzene rings is 1. The number of rotatable bonds is 3. The van der Waals surface area contributed by atoms with Gasteiger partial charge in [0, 0.05) is 31.3 Å². The first kappa shape index (κ1) is 15.6. The van der Waals surface area contributed by atoms with E-state index in [1.54, 1.807) is 0 Å². The zero-order valence-corrected chi connectivity index (χ0v) is 12.8. The van der Waals surface area contributed by atoms with Crippen LogP contribution in [-0.2, 0) is 0 Å². The predicted molar refractivity (Wildman–Crippen MR) is 82.5 cm³/mol. The second-order valence-corrected chi connectivity index (χ2v) is 5.70. The van der Waals surface area contributed by atoms with Crippen molar-refractivity contribution in [1.29, 1.82) is 0 Å². The summed E-state index contributed by atoms with van der Waals surface area (Å²) < 4.78 is 26.4. The van der Waals surface area contributed by atoms with Crippen molar-refractivity contribution < 1.29 is 13.6 Å². The molecule has 7 heteroatoms. The molecule has 2 aromatic rings. The van der Waals surface area contributed by atoms with E-state index in [1.165, 1.54) is 24.2 Å². The molecule has 0 bridgehead atoms. The Morgan fingerprint density at radius 2 is 2.17 bits per heavy atom. The minimum atomic E-state index is -0.981. The van der Waals surface area contributed by atoms with E-state index >= 15 is 0 Å². The third-order valence-electron chi connectivity index (χ3n) is 4.20. The van der Waals surface area contributed by atoms with Gasteiger partial charge in [-0.25, -0.2) is 8.78 Å². The van der Waals surface area contributed by atoms with Crippen molar-refractivity contribution in [3.8, 4) is 0 Å². The van der Waals surface area contributed by atoms with Crippen molar-refractivity contribution in [1.82, 2.24) is 15.5 Å². The number of aromatic nitrogens is 2. The lowest BCUT2D eigenvalue weighted by Gasteiger charge is -2.24. The van der Waals surface area contributed by atoms with Gasteiger partial charge in [0.25, 0.3) is 5.91 Å². The summed E-state index contributed by atoms with van der Waals surface area (Å²) in [7, 11) is 1.53. The van der Waals surface area contributed by atoms with Crippen LogP contribution in [0.1, 0.15) is 34.8 Å². The smallest absolute Gasteiger partial charge is 0.261 e. The van der Waals surface area contributed by atoms with Gasteiger partial charge in [-0.3, -0.25) is 9.89 Å². The van der Waals surface area contributed by atoms with Crippen LogP contribution in [0.3, 0.4) is 0 Å². The summed E-state index contributed by atoms with van der Waals surface area (Å²) >= 11 is 0. The summed E-state index contributed by atoms with van der Waals surface area (Å²) in [6, 6.07) is 3.39. The van der Waals surface area contributed by atoms with E-state index in [4.69, 9.17) is 0 Å². The molecule has 0 spiro atoms. The largest absolute Gasteiger partial charge is 0.316 e. The van der Waals surface area contributed by atoms with Gasteiger partial charge < -0.3 is 10.2 Å². The Hall–Kier alpha value is -2.28. The fourth-order valence-electron chi connectivity index (χ4n) is 2.87. The van der Waals surface area contributed by atoms with Gasteiger partial charge >= 0.3 is 0 Å². The molecule has 0 radical (unpaired) electrons. The van der Waals surface area contributed by atoms with Gasteiger partial charge in [0.15, 0.2) is 11.6 Å². The number of carbonyl (C=O) groups is 1. The van der Waals surface area contributed by atoms with Gasteiger partial charge in [0.05, 0.1) is 17.5 Å².